The predicted octanol–water partition coefficient (Wildman–Crippen LogP) is 3.25. The molecule has 0 radical (unpaired) electrons. The summed E-state index contributed by atoms with van der Waals surface area (Å²) in [5.41, 5.74) is 10.3. The van der Waals surface area contributed by atoms with Crippen LogP contribution in [0.15, 0.2) is 24.3 Å². The van der Waals surface area contributed by atoms with Crippen LogP contribution in [-0.2, 0) is 0 Å². The first-order valence-electron chi connectivity index (χ1n) is 5.26. The Labute approximate surface area is 90.1 Å². The normalized spacial score (nSPS) is 11.2. The lowest BCUT2D eigenvalue weighted by atomic mass is 9.97. The molecule has 2 nitrogen and oxygen atoms in total. The van der Waals surface area contributed by atoms with Crippen molar-refractivity contribution in [3.05, 3.63) is 35.5 Å². The van der Waals surface area contributed by atoms with E-state index in [0.29, 0.717) is 5.92 Å². The van der Waals surface area contributed by atoms with Gasteiger partial charge in [-0.25, -0.2) is 0 Å². The van der Waals surface area contributed by atoms with Crippen molar-refractivity contribution in [2.24, 2.45) is 0 Å². The monoisotopic (exact) mass is 200 g/mol. The summed E-state index contributed by atoms with van der Waals surface area (Å²) in [6.45, 7) is 6.32. The number of rotatable bonds is 1. The summed E-state index contributed by atoms with van der Waals surface area (Å²) >= 11 is 0. The van der Waals surface area contributed by atoms with E-state index >= 15 is 0 Å². The first kappa shape index (κ1) is 9.97. The SMILES string of the molecule is Cc1nc2ccccc2c(N)c1C(C)C. The van der Waals surface area contributed by atoms with E-state index in [-0.39, 0.29) is 0 Å². The maximum atomic E-state index is 6.18. The van der Waals surface area contributed by atoms with Crippen LogP contribution >= 0.6 is 0 Å². The van der Waals surface area contributed by atoms with Crippen molar-refractivity contribution in [2.45, 2.75) is 26.7 Å². The average Bonchev–Trinajstić information content (AvgIpc) is 2.17. The van der Waals surface area contributed by atoms with Crippen molar-refractivity contribution in [1.29, 1.82) is 0 Å². The van der Waals surface area contributed by atoms with E-state index < -0.39 is 0 Å². The summed E-state index contributed by atoms with van der Waals surface area (Å²) in [6, 6.07) is 8.02. The standard InChI is InChI=1S/C13H16N2/c1-8(2)12-9(3)15-11-7-5-4-6-10(11)13(12)14/h4-8H,1-3H3,(H2,14,15). The van der Waals surface area contributed by atoms with Gasteiger partial charge in [0.15, 0.2) is 0 Å². The van der Waals surface area contributed by atoms with Gasteiger partial charge in [0.25, 0.3) is 0 Å². The highest BCUT2D eigenvalue weighted by Crippen LogP contribution is 2.30. The van der Waals surface area contributed by atoms with Gasteiger partial charge in [-0.1, -0.05) is 32.0 Å². The fraction of sp³-hybridized carbons (Fsp3) is 0.308. The summed E-state index contributed by atoms with van der Waals surface area (Å²) in [6.07, 6.45) is 0. The second kappa shape index (κ2) is 3.54. The molecule has 78 valence electrons. The molecule has 1 aromatic carbocycles. The fourth-order valence-electron chi connectivity index (χ4n) is 2.11. The number of benzene rings is 1. The van der Waals surface area contributed by atoms with Gasteiger partial charge in [0.1, 0.15) is 0 Å². The Balaban J connectivity index is 2.84. The highest BCUT2D eigenvalue weighted by atomic mass is 14.7. The third kappa shape index (κ3) is 1.56. The van der Waals surface area contributed by atoms with Crippen LogP contribution in [0.3, 0.4) is 0 Å². The van der Waals surface area contributed by atoms with Crippen LogP contribution in [-0.4, -0.2) is 4.98 Å². The quantitative estimate of drug-likeness (QED) is 0.767. The lowest BCUT2D eigenvalue weighted by Crippen LogP contribution is -2.03. The van der Waals surface area contributed by atoms with E-state index in [1.807, 2.05) is 31.2 Å². The molecule has 2 rings (SSSR count). The molecular formula is C13H16N2. The molecule has 0 saturated heterocycles. The Morgan fingerprint density at radius 3 is 2.53 bits per heavy atom. The average molecular weight is 200 g/mol. The van der Waals surface area contributed by atoms with Gasteiger partial charge in [-0.3, -0.25) is 4.98 Å². The first-order chi connectivity index (χ1) is 7.11. The lowest BCUT2D eigenvalue weighted by Gasteiger charge is -2.14. The highest BCUT2D eigenvalue weighted by Gasteiger charge is 2.12. The van der Waals surface area contributed by atoms with Gasteiger partial charge in [0, 0.05) is 16.8 Å². The molecule has 0 atom stereocenters. The number of hydrogen-bond acceptors (Lipinski definition) is 2. The van der Waals surface area contributed by atoms with Crippen LogP contribution < -0.4 is 5.73 Å². The van der Waals surface area contributed by atoms with E-state index in [1.54, 1.807) is 0 Å². The molecule has 0 fully saturated rings. The topological polar surface area (TPSA) is 38.9 Å². The smallest absolute Gasteiger partial charge is 0.0726 e. The molecule has 0 aliphatic carbocycles. The van der Waals surface area contributed by atoms with Gasteiger partial charge < -0.3 is 5.73 Å². The molecule has 0 amide bonds. The minimum Gasteiger partial charge on any atom is -0.398 e. The van der Waals surface area contributed by atoms with Crippen LogP contribution in [0.2, 0.25) is 0 Å². The fourth-order valence-corrected chi connectivity index (χ4v) is 2.11. The second-order valence-electron chi connectivity index (χ2n) is 4.20. The zero-order valence-corrected chi connectivity index (χ0v) is 9.41. The molecule has 2 aromatic rings. The molecule has 15 heavy (non-hydrogen) atoms. The summed E-state index contributed by atoms with van der Waals surface area (Å²) in [5.74, 6) is 0.419. The number of aromatic nitrogens is 1. The van der Waals surface area contributed by atoms with E-state index in [0.717, 1.165) is 22.3 Å². The van der Waals surface area contributed by atoms with Crippen LogP contribution in [0.25, 0.3) is 10.9 Å². The molecule has 2 N–H and O–H groups in total. The molecule has 0 spiro atoms. The van der Waals surface area contributed by atoms with E-state index in [9.17, 15) is 0 Å². The first-order valence-corrected chi connectivity index (χ1v) is 5.26. The van der Waals surface area contributed by atoms with Gasteiger partial charge in [-0.2, -0.15) is 0 Å². The Morgan fingerprint density at radius 2 is 1.87 bits per heavy atom. The molecule has 1 aromatic heterocycles. The Kier molecular flexibility index (Phi) is 2.35. The number of hydrogen-bond donors (Lipinski definition) is 1. The van der Waals surface area contributed by atoms with Crippen LogP contribution in [0.1, 0.15) is 31.0 Å². The van der Waals surface area contributed by atoms with Crippen LogP contribution in [0.4, 0.5) is 5.69 Å². The third-order valence-electron chi connectivity index (χ3n) is 2.74. The summed E-state index contributed by atoms with van der Waals surface area (Å²) < 4.78 is 0. The highest BCUT2D eigenvalue weighted by molar-refractivity contribution is 5.92. The zero-order valence-electron chi connectivity index (χ0n) is 9.41. The number of nitrogen functional groups attached to an aromatic ring is 1. The number of pyridine rings is 1. The van der Waals surface area contributed by atoms with E-state index in [2.05, 4.69) is 18.8 Å². The van der Waals surface area contributed by atoms with E-state index in [1.165, 1.54) is 5.56 Å². The minimum atomic E-state index is 0.419. The van der Waals surface area contributed by atoms with Crippen molar-refractivity contribution in [3.63, 3.8) is 0 Å². The third-order valence-corrected chi connectivity index (χ3v) is 2.74. The summed E-state index contributed by atoms with van der Waals surface area (Å²) in [7, 11) is 0. The number of para-hydroxylation sites is 1. The number of nitrogens with zero attached hydrogens (tertiary/aromatic N) is 1. The van der Waals surface area contributed by atoms with Crippen molar-refractivity contribution in [2.75, 3.05) is 5.73 Å². The Morgan fingerprint density at radius 1 is 1.20 bits per heavy atom. The second-order valence-corrected chi connectivity index (χ2v) is 4.20. The number of fused-ring (bicyclic) bond motifs is 1. The molecule has 0 aliphatic rings. The van der Waals surface area contributed by atoms with E-state index in [4.69, 9.17) is 5.73 Å². The van der Waals surface area contributed by atoms with Gasteiger partial charge in [-0.05, 0) is 24.5 Å². The maximum Gasteiger partial charge on any atom is 0.0726 e. The number of aryl methyl sites for hydroxylation is 1. The van der Waals surface area contributed by atoms with Gasteiger partial charge >= 0.3 is 0 Å². The maximum absolute atomic E-state index is 6.18. The van der Waals surface area contributed by atoms with Crippen molar-refractivity contribution in [3.8, 4) is 0 Å². The van der Waals surface area contributed by atoms with Gasteiger partial charge in [0.2, 0.25) is 0 Å². The number of anilines is 1. The molecular weight excluding hydrogens is 184 g/mol. The molecule has 0 unspecified atom stereocenters. The predicted molar refractivity (Wildman–Crippen MR) is 65.0 cm³/mol. The Hall–Kier alpha value is -1.57. The van der Waals surface area contributed by atoms with Crippen LogP contribution in [0, 0.1) is 6.92 Å². The van der Waals surface area contributed by atoms with Crippen molar-refractivity contribution in [1.82, 2.24) is 4.98 Å². The zero-order chi connectivity index (χ0) is 11.0. The summed E-state index contributed by atoms with van der Waals surface area (Å²) in [5, 5.41) is 1.06. The largest absolute Gasteiger partial charge is 0.398 e. The van der Waals surface area contributed by atoms with Crippen molar-refractivity contribution >= 4 is 16.6 Å². The Bertz CT molecular complexity index is 501. The van der Waals surface area contributed by atoms with Gasteiger partial charge in [0.05, 0.1) is 5.52 Å². The van der Waals surface area contributed by atoms with Crippen molar-refractivity contribution < 1.29 is 0 Å². The lowest BCUT2D eigenvalue weighted by molar-refractivity contribution is 0.851. The van der Waals surface area contributed by atoms with Crippen LogP contribution in [0.5, 0.6) is 0 Å². The summed E-state index contributed by atoms with van der Waals surface area (Å²) in [4.78, 5) is 4.58. The molecule has 0 saturated carbocycles. The number of nitrogens with two attached hydrogens (primary N) is 1. The molecule has 2 heteroatoms. The minimum absolute atomic E-state index is 0.419. The molecule has 0 bridgehead atoms. The molecule has 0 aliphatic heterocycles. The molecule has 1 heterocycles. The van der Waals surface area contributed by atoms with Gasteiger partial charge in [-0.15, -0.1) is 0 Å².